The van der Waals surface area contributed by atoms with Gasteiger partial charge in [0.05, 0.1) is 20.3 Å². The fourth-order valence-electron chi connectivity index (χ4n) is 5.90. The summed E-state index contributed by atoms with van der Waals surface area (Å²) in [6, 6.07) is 18.8. The van der Waals surface area contributed by atoms with Gasteiger partial charge in [0.2, 0.25) is 0 Å². The number of nitrogens with zero attached hydrogens (tertiary/aromatic N) is 2. The van der Waals surface area contributed by atoms with Crippen molar-refractivity contribution in [1.29, 1.82) is 5.26 Å². The lowest BCUT2D eigenvalue weighted by Crippen LogP contribution is -2.27. The third kappa shape index (κ3) is 19.8. The Bertz CT molecular complexity index is 1030. The first-order chi connectivity index (χ1) is 22.8. The van der Waals surface area contributed by atoms with Gasteiger partial charge in [-0.05, 0) is 89.9 Å². The van der Waals surface area contributed by atoms with Crippen molar-refractivity contribution in [2.45, 2.75) is 109 Å². The molecule has 0 aliphatic carbocycles. The van der Waals surface area contributed by atoms with Gasteiger partial charge in [0.15, 0.2) is 0 Å². The van der Waals surface area contributed by atoms with Gasteiger partial charge in [0.1, 0.15) is 11.5 Å². The number of para-hydroxylation sites is 2. The summed E-state index contributed by atoms with van der Waals surface area (Å²) >= 11 is 0. The highest BCUT2D eigenvalue weighted by Crippen LogP contribution is 2.17. The van der Waals surface area contributed by atoms with E-state index in [1.54, 1.807) is 14.2 Å². The number of rotatable bonds is 31. The quantitative estimate of drug-likeness (QED) is 0.0728. The maximum Gasteiger partial charge on any atom is 0.123 e. The highest BCUT2D eigenvalue weighted by molar-refractivity contribution is 5.33. The zero-order chi connectivity index (χ0) is 32.8. The van der Waals surface area contributed by atoms with E-state index < -0.39 is 0 Å². The smallest absolute Gasteiger partial charge is 0.123 e. The first-order valence-electron chi connectivity index (χ1n) is 18.2. The van der Waals surface area contributed by atoms with Crippen molar-refractivity contribution < 1.29 is 9.47 Å². The Morgan fingerprint density at radius 2 is 0.913 bits per heavy atom. The molecule has 46 heavy (non-hydrogen) atoms. The zero-order valence-electron chi connectivity index (χ0n) is 29.3. The van der Waals surface area contributed by atoms with Gasteiger partial charge in [-0.2, -0.15) is 5.26 Å². The predicted octanol–water partition coefficient (Wildman–Crippen LogP) is 7.85. The Kier molecular flexibility index (Phi) is 24.6. The van der Waals surface area contributed by atoms with Crippen molar-refractivity contribution in [3.63, 3.8) is 0 Å². The van der Waals surface area contributed by atoms with E-state index in [1.165, 1.54) is 101 Å². The molecule has 0 saturated carbocycles. The maximum atomic E-state index is 9.08. The first-order valence-corrected chi connectivity index (χ1v) is 18.2. The van der Waals surface area contributed by atoms with Gasteiger partial charge < -0.3 is 30.3 Å². The minimum atomic E-state index is 0.641. The van der Waals surface area contributed by atoms with Crippen molar-refractivity contribution in [3.8, 4) is 17.6 Å². The molecule has 7 heteroatoms. The first kappa shape index (κ1) is 39.5. The standard InChI is InChI=1S/C39H65N5O2/c1-45-38-24-13-11-22-36(38)34-42-29-17-7-6-16-28-41-27-15-5-3-4-9-19-31-44(33-21-26-40)32-20-10-8-18-30-43-35-37-23-12-14-25-39(37)46-2/h11-14,22-25,41-43H,3-10,15-21,27-35H2,1-2H3. The highest BCUT2D eigenvalue weighted by atomic mass is 16.5. The van der Waals surface area contributed by atoms with Gasteiger partial charge >= 0.3 is 0 Å². The predicted molar refractivity (Wildman–Crippen MR) is 194 cm³/mol. The second-order valence-electron chi connectivity index (χ2n) is 12.4. The van der Waals surface area contributed by atoms with E-state index in [2.05, 4.69) is 51.2 Å². The average Bonchev–Trinajstić information content (AvgIpc) is 3.09. The minimum Gasteiger partial charge on any atom is -0.496 e. The van der Waals surface area contributed by atoms with Crippen LogP contribution in [0.25, 0.3) is 0 Å². The second kappa shape index (κ2) is 28.6. The molecular weight excluding hydrogens is 570 g/mol. The molecule has 0 amide bonds. The fourth-order valence-corrected chi connectivity index (χ4v) is 5.90. The monoisotopic (exact) mass is 636 g/mol. The molecule has 0 heterocycles. The topological polar surface area (TPSA) is 81.6 Å². The summed E-state index contributed by atoms with van der Waals surface area (Å²) in [7, 11) is 3.47. The van der Waals surface area contributed by atoms with Crippen LogP contribution in [0.4, 0.5) is 0 Å². The van der Waals surface area contributed by atoms with Crippen LogP contribution in [0.5, 0.6) is 11.5 Å². The van der Waals surface area contributed by atoms with Gasteiger partial charge in [-0.25, -0.2) is 0 Å². The van der Waals surface area contributed by atoms with E-state index in [9.17, 15) is 0 Å². The Morgan fingerprint density at radius 1 is 0.522 bits per heavy atom. The summed E-state index contributed by atoms with van der Waals surface area (Å²) in [5.41, 5.74) is 2.44. The van der Waals surface area contributed by atoms with Crippen LogP contribution >= 0.6 is 0 Å². The largest absolute Gasteiger partial charge is 0.496 e. The van der Waals surface area contributed by atoms with E-state index in [0.29, 0.717) is 6.42 Å². The number of unbranched alkanes of at least 4 members (excludes halogenated alkanes) is 11. The van der Waals surface area contributed by atoms with Gasteiger partial charge in [0, 0.05) is 37.2 Å². The van der Waals surface area contributed by atoms with Crippen molar-refractivity contribution in [1.82, 2.24) is 20.9 Å². The lowest BCUT2D eigenvalue weighted by Gasteiger charge is -2.21. The van der Waals surface area contributed by atoms with Crippen molar-refractivity contribution in [3.05, 3.63) is 59.7 Å². The molecule has 0 aliphatic rings. The molecule has 0 radical (unpaired) electrons. The molecule has 0 spiro atoms. The molecule has 0 bridgehead atoms. The third-order valence-electron chi connectivity index (χ3n) is 8.67. The summed E-state index contributed by atoms with van der Waals surface area (Å²) in [6.45, 7) is 9.32. The van der Waals surface area contributed by atoms with Gasteiger partial charge in [-0.1, -0.05) is 87.8 Å². The summed E-state index contributed by atoms with van der Waals surface area (Å²) in [6.07, 6.45) is 18.5. The van der Waals surface area contributed by atoms with Crippen LogP contribution < -0.4 is 25.4 Å². The second-order valence-corrected chi connectivity index (χ2v) is 12.4. The van der Waals surface area contributed by atoms with Crippen LogP contribution in [-0.4, -0.2) is 64.9 Å². The molecule has 2 aromatic carbocycles. The molecule has 0 atom stereocenters. The molecule has 0 fully saturated rings. The number of benzene rings is 2. The Balaban J connectivity index is 1.34. The molecule has 0 saturated heterocycles. The SMILES string of the molecule is COc1ccccc1CNCCCCCCNCCCCCCCCN(CCC#N)CCCCCCNCc1ccccc1OC. The van der Waals surface area contributed by atoms with Crippen LogP contribution in [0.1, 0.15) is 107 Å². The average molecular weight is 636 g/mol. The lowest BCUT2D eigenvalue weighted by atomic mass is 10.1. The summed E-state index contributed by atoms with van der Waals surface area (Å²) < 4.78 is 10.9. The Labute approximate surface area is 281 Å². The molecular formula is C39H65N5O2. The van der Waals surface area contributed by atoms with E-state index in [1.807, 2.05) is 24.3 Å². The zero-order valence-corrected chi connectivity index (χ0v) is 29.3. The molecule has 0 aromatic heterocycles. The molecule has 2 aromatic rings. The summed E-state index contributed by atoms with van der Waals surface area (Å²) in [5, 5.41) is 19.8. The Hall–Kier alpha value is -2.63. The van der Waals surface area contributed by atoms with Gasteiger partial charge in [-0.3, -0.25) is 0 Å². The molecule has 0 unspecified atom stereocenters. The van der Waals surface area contributed by atoms with E-state index in [-0.39, 0.29) is 0 Å². The number of hydrogen-bond acceptors (Lipinski definition) is 7. The number of ether oxygens (including phenoxy) is 2. The van der Waals surface area contributed by atoms with E-state index >= 15 is 0 Å². The number of nitriles is 1. The summed E-state index contributed by atoms with van der Waals surface area (Å²) in [5.74, 6) is 1.93. The van der Waals surface area contributed by atoms with Crippen molar-refractivity contribution >= 4 is 0 Å². The highest BCUT2D eigenvalue weighted by Gasteiger charge is 2.05. The lowest BCUT2D eigenvalue weighted by molar-refractivity contribution is 0.265. The molecule has 0 aliphatic heterocycles. The molecule has 2 rings (SSSR count). The minimum absolute atomic E-state index is 0.641. The van der Waals surface area contributed by atoms with Crippen LogP contribution in [0, 0.1) is 11.3 Å². The summed E-state index contributed by atoms with van der Waals surface area (Å²) in [4.78, 5) is 2.52. The molecule has 3 N–H and O–H groups in total. The number of hydrogen-bond donors (Lipinski definition) is 3. The van der Waals surface area contributed by atoms with Crippen molar-refractivity contribution in [2.75, 3.05) is 60.0 Å². The third-order valence-corrected chi connectivity index (χ3v) is 8.67. The van der Waals surface area contributed by atoms with Crippen molar-refractivity contribution in [2.24, 2.45) is 0 Å². The Morgan fingerprint density at radius 3 is 1.35 bits per heavy atom. The van der Waals surface area contributed by atoms with Crippen LogP contribution in [0.3, 0.4) is 0 Å². The van der Waals surface area contributed by atoms with Crippen LogP contribution in [0.2, 0.25) is 0 Å². The maximum absolute atomic E-state index is 9.08. The normalized spacial score (nSPS) is 11.2. The van der Waals surface area contributed by atoms with Gasteiger partial charge in [-0.15, -0.1) is 0 Å². The molecule has 7 nitrogen and oxygen atoms in total. The molecule has 258 valence electrons. The number of methoxy groups -OCH3 is 2. The van der Waals surface area contributed by atoms with Crippen LogP contribution in [-0.2, 0) is 13.1 Å². The van der Waals surface area contributed by atoms with E-state index in [4.69, 9.17) is 14.7 Å². The van der Waals surface area contributed by atoms with E-state index in [0.717, 1.165) is 70.4 Å². The fraction of sp³-hybridized carbons (Fsp3) is 0.667. The van der Waals surface area contributed by atoms with Gasteiger partial charge in [0.25, 0.3) is 0 Å². The van der Waals surface area contributed by atoms with Crippen LogP contribution in [0.15, 0.2) is 48.5 Å². The number of nitrogens with one attached hydrogen (secondary N) is 3.